The van der Waals surface area contributed by atoms with Crippen LogP contribution in [0, 0.1) is 0 Å². The summed E-state index contributed by atoms with van der Waals surface area (Å²) in [7, 11) is 0. The number of carbonyl (C=O) groups excluding carboxylic acids is 1. The standard InChI is InChI=1S/C26H33N5O3/c32-25(31-26-28-10-11-29-26)19-8-9-24(23(14-19)18-4-1-2-5-18)30-20-6-3-7-21(15-20)34-17-22-16-27-12-13-33-22/h3,6-9,14-15,18,22,27,30H,1-2,4-5,10-13,16-17H2,(H2,28,29,31,32). The van der Waals surface area contributed by atoms with Crippen LogP contribution in [-0.2, 0) is 4.74 Å². The van der Waals surface area contributed by atoms with Crippen molar-refractivity contribution in [3.05, 3.63) is 53.6 Å². The molecule has 8 nitrogen and oxygen atoms in total. The molecule has 0 bridgehead atoms. The first-order valence-corrected chi connectivity index (χ1v) is 12.3. The van der Waals surface area contributed by atoms with E-state index in [0.717, 1.165) is 56.2 Å². The molecule has 1 saturated heterocycles. The van der Waals surface area contributed by atoms with E-state index < -0.39 is 0 Å². The van der Waals surface area contributed by atoms with Crippen molar-refractivity contribution in [2.45, 2.75) is 37.7 Å². The Morgan fingerprint density at radius 3 is 2.85 bits per heavy atom. The number of rotatable bonds is 7. The Bertz CT molecular complexity index is 1030. The van der Waals surface area contributed by atoms with Crippen LogP contribution in [0.15, 0.2) is 47.5 Å². The molecule has 4 N–H and O–H groups in total. The van der Waals surface area contributed by atoms with E-state index in [-0.39, 0.29) is 12.0 Å². The number of amides is 1. The van der Waals surface area contributed by atoms with Crippen molar-refractivity contribution in [2.24, 2.45) is 4.99 Å². The minimum atomic E-state index is -0.131. The van der Waals surface area contributed by atoms with Gasteiger partial charge in [-0.15, -0.1) is 0 Å². The lowest BCUT2D eigenvalue weighted by Gasteiger charge is -2.23. The summed E-state index contributed by atoms with van der Waals surface area (Å²) in [6.07, 6.45) is 4.81. The summed E-state index contributed by atoms with van der Waals surface area (Å²) in [5.41, 5.74) is 3.85. The highest BCUT2D eigenvalue weighted by Gasteiger charge is 2.22. The van der Waals surface area contributed by atoms with Gasteiger partial charge in [0.2, 0.25) is 0 Å². The summed E-state index contributed by atoms with van der Waals surface area (Å²) in [6.45, 7) is 4.40. The highest BCUT2D eigenvalue weighted by Crippen LogP contribution is 2.39. The first kappa shape index (κ1) is 22.7. The zero-order chi connectivity index (χ0) is 23.2. The van der Waals surface area contributed by atoms with Crippen LogP contribution in [-0.4, -0.2) is 57.4 Å². The number of anilines is 2. The van der Waals surface area contributed by atoms with Gasteiger partial charge in [-0.2, -0.15) is 0 Å². The first-order valence-electron chi connectivity index (χ1n) is 12.3. The van der Waals surface area contributed by atoms with E-state index in [1.165, 1.54) is 18.4 Å². The van der Waals surface area contributed by atoms with Gasteiger partial charge in [-0.1, -0.05) is 18.9 Å². The predicted molar refractivity (Wildman–Crippen MR) is 133 cm³/mol. The van der Waals surface area contributed by atoms with Crippen LogP contribution < -0.4 is 26.0 Å². The number of aliphatic imine (C=N–C) groups is 1. The van der Waals surface area contributed by atoms with Gasteiger partial charge in [-0.25, -0.2) is 0 Å². The Morgan fingerprint density at radius 2 is 2.06 bits per heavy atom. The molecule has 5 rings (SSSR count). The second-order valence-electron chi connectivity index (χ2n) is 9.06. The number of ether oxygens (including phenoxy) is 2. The smallest absolute Gasteiger partial charge is 0.257 e. The fourth-order valence-electron chi connectivity index (χ4n) is 4.79. The van der Waals surface area contributed by atoms with Crippen LogP contribution in [0.25, 0.3) is 0 Å². The largest absolute Gasteiger partial charge is 0.491 e. The quantitative estimate of drug-likeness (QED) is 0.504. The summed E-state index contributed by atoms with van der Waals surface area (Å²) < 4.78 is 11.7. The van der Waals surface area contributed by atoms with Crippen molar-refractivity contribution in [1.82, 2.24) is 16.0 Å². The molecule has 2 aliphatic heterocycles. The number of morpholine rings is 1. The van der Waals surface area contributed by atoms with E-state index in [1.54, 1.807) is 0 Å². The third-order valence-corrected chi connectivity index (χ3v) is 6.57. The Kier molecular flexibility index (Phi) is 7.26. The number of benzene rings is 2. The van der Waals surface area contributed by atoms with E-state index in [9.17, 15) is 4.79 Å². The van der Waals surface area contributed by atoms with Crippen molar-refractivity contribution in [3.63, 3.8) is 0 Å². The van der Waals surface area contributed by atoms with Crippen molar-refractivity contribution in [2.75, 3.05) is 44.7 Å². The Morgan fingerprint density at radius 1 is 1.15 bits per heavy atom. The molecule has 34 heavy (non-hydrogen) atoms. The van der Waals surface area contributed by atoms with Crippen LogP contribution in [0.4, 0.5) is 11.4 Å². The molecule has 2 fully saturated rings. The average Bonchev–Trinajstić information content (AvgIpc) is 3.59. The van der Waals surface area contributed by atoms with Crippen LogP contribution in [0.3, 0.4) is 0 Å². The van der Waals surface area contributed by atoms with Crippen molar-refractivity contribution < 1.29 is 14.3 Å². The minimum Gasteiger partial charge on any atom is -0.491 e. The van der Waals surface area contributed by atoms with E-state index in [2.05, 4.69) is 26.3 Å². The first-order chi connectivity index (χ1) is 16.7. The van der Waals surface area contributed by atoms with Crippen LogP contribution in [0.2, 0.25) is 0 Å². The fourth-order valence-corrected chi connectivity index (χ4v) is 4.79. The number of nitrogens with one attached hydrogen (secondary N) is 4. The fraction of sp³-hybridized carbons (Fsp3) is 0.462. The van der Waals surface area contributed by atoms with Gasteiger partial charge in [0.15, 0.2) is 5.96 Å². The second-order valence-corrected chi connectivity index (χ2v) is 9.06. The molecule has 2 heterocycles. The highest BCUT2D eigenvalue weighted by molar-refractivity contribution is 6.06. The van der Waals surface area contributed by atoms with Crippen LogP contribution in [0.1, 0.15) is 47.5 Å². The Labute approximate surface area is 200 Å². The Balaban J connectivity index is 1.30. The van der Waals surface area contributed by atoms with Gasteiger partial charge in [0.1, 0.15) is 18.5 Å². The number of carbonyl (C=O) groups is 1. The van der Waals surface area contributed by atoms with Gasteiger partial charge < -0.3 is 25.4 Å². The van der Waals surface area contributed by atoms with Gasteiger partial charge in [0.05, 0.1) is 13.2 Å². The summed E-state index contributed by atoms with van der Waals surface area (Å²) in [6, 6.07) is 13.9. The molecule has 0 aromatic heterocycles. The van der Waals surface area contributed by atoms with Gasteiger partial charge in [0, 0.05) is 42.6 Å². The maximum atomic E-state index is 12.8. The van der Waals surface area contributed by atoms with E-state index in [1.807, 2.05) is 42.5 Å². The number of nitrogens with zero attached hydrogens (tertiary/aromatic N) is 1. The van der Waals surface area contributed by atoms with Crippen LogP contribution in [0.5, 0.6) is 5.75 Å². The molecule has 1 atom stereocenters. The molecule has 0 radical (unpaired) electrons. The van der Waals surface area contributed by atoms with E-state index in [0.29, 0.717) is 30.6 Å². The molecule has 0 spiro atoms. The molecular weight excluding hydrogens is 430 g/mol. The zero-order valence-electron chi connectivity index (χ0n) is 19.4. The lowest BCUT2D eigenvalue weighted by Crippen LogP contribution is -2.41. The van der Waals surface area contributed by atoms with E-state index >= 15 is 0 Å². The van der Waals surface area contributed by atoms with Gasteiger partial charge in [-0.05, 0) is 54.7 Å². The highest BCUT2D eigenvalue weighted by atomic mass is 16.5. The molecule has 1 saturated carbocycles. The summed E-state index contributed by atoms with van der Waals surface area (Å²) >= 11 is 0. The molecule has 1 unspecified atom stereocenters. The van der Waals surface area contributed by atoms with Crippen molar-refractivity contribution in [3.8, 4) is 5.75 Å². The molecule has 1 aliphatic carbocycles. The normalized spacial score (nSPS) is 20.5. The monoisotopic (exact) mass is 463 g/mol. The molecular formula is C26H33N5O3. The topological polar surface area (TPSA) is 96.0 Å². The molecule has 180 valence electrons. The maximum Gasteiger partial charge on any atom is 0.257 e. The lowest BCUT2D eigenvalue weighted by atomic mass is 9.93. The van der Waals surface area contributed by atoms with E-state index in [4.69, 9.17) is 9.47 Å². The molecule has 8 heteroatoms. The number of guanidine groups is 1. The molecule has 3 aliphatic rings. The summed E-state index contributed by atoms with van der Waals surface area (Å²) in [4.78, 5) is 17.1. The SMILES string of the molecule is O=C(NC1=NCCN1)c1ccc(Nc2cccc(OCC3CNCCO3)c2)c(C2CCCC2)c1. The van der Waals surface area contributed by atoms with Crippen LogP contribution >= 0.6 is 0 Å². The molecule has 2 aromatic carbocycles. The lowest BCUT2D eigenvalue weighted by molar-refractivity contribution is 0.000207. The third-order valence-electron chi connectivity index (χ3n) is 6.57. The van der Waals surface area contributed by atoms with Gasteiger partial charge >= 0.3 is 0 Å². The number of hydrogen-bond acceptors (Lipinski definition) is 7. The van der Waals surface area contributed by atoms with Gasteiger partial charge in [0.25, 0.3) is 5.91 Å². The van der Waals surface area contributed by atoms with Crippen molar-refractivity contribution in [1.29, 1.82) is 0 Å². The molecule has 2 aromatic rings. The third kappa shape index (κ3) is 5.69. The van der Waals surface area contributed by atoms with Gasteiger partial charge in [-0.3, -0.25) is 15.1 Å². The number of hydrogen-bond donors (Lipinski definition) is 4. The Hall–Kier alpha value is -3.10. The maximum absolute atomic E-state index is 12.8. The summed E-state index contributed by atoms with van der Waals surface area (Å²) in [5.74, 6) is 1.68. The summed E-state index contributed by atoms with van der Waals surface area (Å²) in [5, 5.41) is 12.9. The molecule has 1 amide bonds. The average molecular weight is 464 g/mol. The zero-order valence-corrected chi connectivity index (χ0v) is 19.4. The predicted octanol–water partition coefficient (Wildman–Crippen LogP) is 3.14. The van der Waals surface area contributed by atoms with Crippen molar-refractivity contribution >= 4 is 23.2 Å². The second kappa shape index (κ2) is 10.9. The minimum absolute atomic E-state index is 0.0726.